The van der Waals surface area contributed by atoms with Crippen molar-refractivity contribution in [1.82, 2.24) is 9.78 Å². The number of nitrogens with zero attached hydrogens (tertiary/aromatic N) is 2. The molecule has 0 aliphatic rings. The smallest absolute Gasteiger partial charge is 0.0643 e. The summed E-state index contributed by atoms with van der Waals surface area (Å²) in [7, 11) is 0. The number of benzene rings is 1. The van der Waals surface area contributed by atoms with E-state index in [0.717, 1.165) is 33.0 Å². The van der Waals surface area contributed by atoms with E-state index in [1.807, 2.05) is 29.1 Å². The molecule has 2 unspecified atom stereocenters. The Morgan fingerprint density at radius 3 is 2.70 bits per heavy atom. The minimum atomic E-state index is -0.0576. The fourth-order valence-electron chi connectivity index (χ4n) is 2.06. The van der Waals surface area contributed by atoms with Gasteiger partial charge in [0.05, 0.1) is 5.69 Å². The van der Waals surface area contributed by atoms with E-state index in [4.69, 9.17) is 5.73 Å². The van der Waals surface area contributed by atoms with Gasteiger partial charge in [-0.3, -0.25) is 4.68 Å². The van der Waals surface area contributed by atoms with Crippen LogP contribution >= 0.6 is 31.9 Å². The van der Waals surface area contributed by atoms with Crippen molar-refractivity contribution >= 4 is 31.9 Å². The van der Waals surface area contributed by atoms with Gasteiger partial charge in [0.25, 0.3) is 0 Å². The summed E-state index contributed by atoms with van der Waals surface area (Å²) in [6.45, 7) is 4.33. The van der Waals surface area contributed by atoms with E-state index in [0.29, 0.717) is 6.04 Å². The minimum absolute atomic E-state index is 0.0576. The van der Waals surface area contributed by atoms with Crippen LogP contribution in [-0.4, -0.2) is 9.78 Å². The molecule has 1 aromatic carbocycles. The molecule has 1 heterocycles. The zero-order chi connectivity index (χ0) is 14.7. The summed E-state index contributed by atoms with van der Waals surface area (Å²) in [6.07, 6.45) is 3.85. The Balaban J connectivity index is 2.11. The van der Waals surface area contributed by atoms with Crippen molar-refractivity contribution in [3.8, 4) is 0 Å². The third-order valence-corrected chi connectivity index (χ3v) is 4.68. The average molecular weight is 401 g/mol. The SMILES string of the molecule is CCC(C)n1ccc(CC(N)c2ccc(Br)cc2Br)n1. The predicted molar refractivity (Wildman–Crippen MR) is 89.7 cm³/mol. The van der Waals surface area contributed by atoms with E-state index in [-0.39, 0.29) is 6.04 Å². The van der Waals surface area contributed by atoms with Crippen molar-refractivity contribution in [2.24, 2.45) is 5.73 Å². The molecule has 1 aromatic heterocycles. The quantitative estimate of drug-likeness (QED) is 0.795. The monoisotopic (exact) mass is 399 g/mol. The number of hydrogen-bond donors (Lipinski definition) is 1. The van der Waals surface area contributed by atoms with Crippen LogP contribution < -0.4 is 5.73 Å². The van der Waals surface area contributed by atoms with Gasteiger partial charge >= 0.3 is 0 Å². The van der Waals surface area contributed by atoms with Crippen LogP contribution in [-0.2, 0) is 6.42 Å². The van der Waals surface area contributed by atoms with Crippen molar-refractivity contribution in [1.29, 1.82) is 0 Å². The van der Waals surface area contributed by atoms with E-state index < -0.39 is 0 Å². The van der Waals surface area contributed by atoms with Crippen LogP contribution in [0, 0.1) is 0 Å². The van der Waals surface area contributed by atoms with E-state index in [9.17, 15) is 0 Å². The fraction of sp³-hybridized carbons (Fsp3) is 0.400. The highest BCUT2D eigenvalue weighted by molar-refractivity contribution is 9.11. The molecule has 0 bridgehead atoms. The second-order valence-corrected chi connectivity index (χ2v) is 6.79. The van der Waals surface area contributed by atoms with Crippen molar-refractivity contribution in [3.63, 3.8) is 0 Å². The maximum Gasteiger partial charge on any atom is 0.0643 e. The van der Waals surface area contributed by atoms with E-state index in [1.165, 1.54) is 0 Å². The highest BCUT2D eigenvalue weighted by Gasteiger charge is 2.13. The molecule has 5 heteroatoms. The van der Waals surface area contributed by atoms with Crippen LogP contribution in [0.4, 0.5) is 0 Å². The van der Waals surface area contributed by atoms with Crippen molar-refractivity contribution < 1.29 is 0 Å². The van der Waals surface area contributed by atoms with Gasteiger partial charge in [-0.15, -0.1) is 0 Å². The first kappa shape index (κ1) is 15.7. The lowest BCUT2D eigenvalue weighted by atomic mass is 10.0. The normalized spacial score (nSPS) is 14.2. The molecule has 108 valence electrons. The summed E-state index contributed by atoms with van der Waals surface area (Å²) < 4.78 is 4.08. The number of rotatable bonds is 5. The Labute approximate surface area is 136 Å². The topological polar surface area (TPSA) is 43.8 Å². The van der Waals surface area contributed by atoms with Crippen LogP contribution in [0.1, 0.15) is 43.6 Å². The summed E-state index contributed by atoms with van der Waals surface area (Å²) in [6, 6.07) is 8.51. The van der Waals surface area contributed by atoms with Gasteiger partial charge in [0.15, 0.2) is 0 Å². The Morgan fingerprint density at radius 2 is 2.05 bits per heavy atom. The number of aromatic nitrogens is 2. The van der Waals surface area contributed by atoms with Crippen molar-refractivity contribution in [3.05, 3.63) is 50.7 Å². The zero-order valence-electron chi connectivity index (χ0n) is 11.7. The molecular weight excluding hydrogens is 382 g/mol. The summed E-state index contributed by atoms with van der Waals surface area (Å²) >= 11 is 7.02. The van der Waals surface area contributed by atoms with Crippen LogP contribution in [0.15, 0.2) is 39.4 Å². The first-order valence-electron chi connectivity index (χ1n) is 6.75. The molecule has 0 aliphatic heterocycles. The molecule has 2 atom stereocenters. The molecule has 20 heavy (non-hydrogen) atoms. The molecule has 0 saturated carbocycles. The maximum absolute atomic E-state index is 6.30. The van der Waals surface area contributed by atoms with Crippen LogP contribution in [0.5, 0.6) is 0 Å². The molecule has 0 spiro atoms. The molecule has 0 saturated heterocycles. The van der Waals surface area contributed by atoms with Crippen LogP contribution in [0.25, 0.3) is 0 Å². The van der Waals surface area contributed by atoms with Gasteiger partial charge in [-0.1, -0.05) is 44.8 Å². The molecule has 0 amide bonds. The fourth-order valence-corrected chi connectivity index (χ4v) is 3.40. The molecule has 0 fully saturated rings. The summed E-state index contributed by atoms with van der Waals surface area (Å²) in [5.74, 6) is 0. The predicted octanol–water partition coefficient (Wildman–Crippen LogP) is 4.62. The molecule has 2 rings (SSSR count). The Kier molecular flexibility index (Phi) is 5.41. The highest BCUT2D eigenvalue weighted by Crippen LogP contribution is 2.27. The largest absolute Gasteiger partial charge is 0.324 e. The van der Waals surface area contributed by atoms with Crippen molar-refractivity contribution in [2.75, 3.05) is 0 Å². The second kappa shape index (κ2) is 6.87. The second-order valence-electron chi connectivity index (χ2n) is 5.02. The lowest BCUT2D eigenvalue weighted by molar-refractivity contribution is 0.472. The average Bonchev–Trinajstić information content (AvgIpc) is 2.86. The van der Waals surface area contributed by atoms with Gasteiger partial charge in [0.2, 0.25) is 0 Å². The van der Waals surface area contributed by atoms with E-state index in [2.05, 4.69) is 56.9 Å². The summed E-state index contributed by atoms with van der Waals surface area (Å²) in [5.41, 5.74) is 8.44. The first-order valence-corrected chi connectivity index (χ1v) is 8.34. The van der Waals surface area contributed by atoms with Gasteiger partial charge in [0, 0.05) is 33.6 Å². The zero-order valence-corrected chi connectivity index (χ0v) is 14.9. The standard InChI is InChI=1S/C15H19Br2N3/c1-3-10(2)20-7-6-12(19-20)9-15(18)13-5-4-11(16)8-14(13)17/h4-8,10,15H,3,9,18H2,1-2H3. The highest BCUT2D eigenvalue weighted by atomic mass is 79.9. The molecule has 3 nitrogen and oxygen atoms in total. The maximum atomic E-state index is 6.30. The molecular formula is C15H19Br2N3. The molecule has 0 radical (unpaired) electrons. The third-order valence-electron chi connectivity index (χ3n) is 3.50. The lowest BCUT2D eigenvalue weighted by Gasteiger charge is -2.13. The summed E-state index contributed by atoms with van der Waals surface area (Å²) in [5, 5.41) is 4.61. The van der Waals surface area contributed by atoms with Gasteiger partial charge in [-0.25, -0.2) is 0 Å². The summed E-state index contributed by atoms with van der Waals surface area (Å²) in [4.78, 5) is 0. The Morgan fingerprint density at radius 1 is 1.30 bits per heavy atom. The first-order chi connectivity index (χ1) is 9.51. The van der Waals surface area contributed by atoms with Gasteiger partial charge in [-0.05, 0) is 37.1 Å². The van der Waals surface area contributed by atoms with Crippen LogP contribution in [0.2, 0.25) is 0 Å². The van der Waals surface area contributed by atoms with Gasteiger partial charge in [0.1, 0.15) is 0 Å². The Hall–Kier alpha value is -0.650. The number of hydrogen-bond acceptors (Lipinski definition) is 2. The lowest BCUT2D eigenvalue weighted by Crippen LogP contribution is -2.15. The minimum Gasteiger partial charge on any atom is -0.324 e. The van der Waals surface area contributed by atoms with Crippen LogP contribution in [0.3, 0.4) is 0 Å². The van der Waals surface area contributed by atoms with Gasteiger partial charge in [-0.2, -0.15) is 5.10 Å². The van der Waals surface area contributed by atoms with E-state index >= 15 is 0 Å². The molecule has 2 N–H and O–H groups in total. The van der Waals surface area contributed by atoms with E-state index in [1.54, 1.807) is 0 Å². The Bertz CT molecular complexity index is 580. The third kappa shape index (κ3) is 3.71. The van der Waals surface area contributed by atoms with Crippen molar-refractivity contribution in [2.45, 2.75) is 38.8 Å². The molecule has 0 aliphatic carbocycles. The number of halogens is 2. The number of nitrogens with two attached hydrogens (primary N) is 1. The molecule has 2 aromatic rings. The van der Waals surface area contributed by atoms with Gasteiger partial charge < -0.3 is 5.73 Å².